The Morgan fingerprint density at radius 1 is 1.20 bits per heavy atom. The van der Waals surface area contributed by atoms with Crippen molar-refractivity contribution in [1.82, 2.24) is 10.2 Å². The first-order chi connectivity index (χ1) is 9.32. The molecule has 0 saturated heterocycles. The lowest BCUT2D eigenvalue weighted by Gasteiger charge is -2.42. The third kappa shape index (κ3) is 5.73. The van der Waals surface area contributed by atoms with Crippen LogP contribution in [0.5, 0.6) is 0 Å². The molecule has 2 nitrogen and oxygen atoms in total. The first-order valence-corrected chi connectivity index (χ1v) is 8.73. The highest BCUT2D eigenvalue weighted by molar-refractivity contribution is 4.86. The first kappa shape index (κ1) is 18.0. The van der Waals surface area contributed by atoms with Crippen molar-refractivity contribution in [2.45, 2.75) is 79.2 Å². The summed E-state index contributed by atoms with van der Waals surface area (Å²) in [4.78, 5) is 2.66. The molecular weight excluding hydrogens is 244 g/mol. The number of nitrogens with zero attached hydrogens (tertiary/aromatic N) is 1. The van der Waals surface area contributed by atoms with Gasteiger partial charge >= 0.3 is 0 Å². The van der Waals surface area contributed by atoms with Crippen LogP contribution in [-0.2, 0) is 0 Å². The van der Waals surface area contributed by atoms with Gasteiger partial charge in [-0.1, -0.05) is 41.0 Å². The summed E-state index contributed by atoms with van der Waals surface area (Å²) in [5.41, 5.74) is 1.00. The largest absolute Gasteiger partial charge is 0.316 e. The van der Waals surface area contributed by atoms with Gasteiger partial charge in [-0.25, -0.2) is 0 Å². The van der Waals surface area contributed by atoms with Gasteiger partial charge in [0.25, 0.3) is 0 Å². The van der Waals surface area contributed by atoms with Gasteiger partial charge < -0.3 is 10.2 Å². The van der Waals surface area contributed by atoms with Gasteiger partial charge in [0.15, 0.2) is 0 Å². The van der Waals surface area contributed by atoms with Crippen molar-refractivity contribution >= 4 is 0 Å². The molecule has 1 rings (SSSR count). The molecule has 1 aliphatic rings. The van der Waals surface area contributed by atoms with E-state index in [9.17, 15) is 0 Å². The Bertz CT molecular complexity index is 265. The molecule has 1 saturated carbocycles. The number of nitrogens with one attached hydrogen (secondary N) is 1. The molecule has 1 aliphatic carbocycles. The fraction of sp³-hybridized carbons (Fsp3) is 1.00. The van der Waals surface area contributed by atoms with E-state index in [1.807, 2.05) is 0 Å². The zero-order valence-corrected chi connectivity index (χ0v) is 14.9. The normalized spacial score (nSPS) is 22.9. The van der Waals surface area contributed by atoms with Crippen molar-refractivity contribution < 1.29 is 0 Å². The van der Waals surface area contributed by atoms with Crippen molar-refractivity contribution in [3.8, 4) is 0 Å². The molecule has 0 aromatic carbocycles. The Kier molecular flexibility index (Phi) is 7.00. The molecule has 0 amide bonds. The molecule has 0 aliphatic heterocycles. The van der Waals surface area contributed by atoms with Crippen LogP contribution in [0.15, 0.2) is 0 Å². The maximum Gasteiger partial charge on any atom is 0.00928 e. The molecule has 0 radical (unpaired) electrons. The second-order valence-corrected chi connectivity index (χ2v) is 8.15. The molecule has 1 fully saturated rings. The second kappa shape index (κ2) is 7.79. The Balaban J connectivity index is 2.51. The van der Waals surface area contributed by atoms with Crippen LogP contribution in [0.3, 0.4) is 0 Å². The molecule has 0 aromatic rings. The predicted octanol–water partition coefficient (Wildman–Crippen LogP) is 4.30. The molecule has 20 heavy (non-hydrogen) atoms. The van der Waals surface area contributed by atoms with Crippen LogP contribution in [0.25, 0.3) is 0 Å². The summed E-state index contributed by atoms with van der Waals surface area (Å²) >= 11 is 0. The zero-order valence-electron chi connectivity index (χ0n) is 14.9. The maximum absolute atomic E-state index is 3.57. The average molecular weight is 283 g/mol. The molecular formula is C18H38N2. The molecule has 1 N–H and O–H groups in total. The lowest BCUT2D eigenvalue weighted by Crippen LogP contribution is -2.46. The summed E-state index contributed by atoms with van der Waals surface area (Å²) in [6.45, 7) is 15.3. The molecule has 0 heterocycles. The van der Waals surface area contributed by atoms with E-state index in [1.165, 1.54) is 45.1 Å². The van der Waals surface area contributed by atoms with Gasteiger partial charge in [-0.3, -0.25) is 0 Å². The van der Waals surface area contributed by atoms with E-state index in [-0.39, 0.29) is 0 Å². The van der Waals surface area contributed by atoms with E-state index >= 15 is 0 Å². The molecule has 1 atom stereocenters. The van der Waals surface area contributed by atoms with Crippen LogP contribution in [0, 0.1) is 10.8 Å². The second-order valence-electron chi connectivity index (χ2n) is 8.15. The van der Waals surface area contributed by atoms with Gasteiger partial charge in [0.1, 0.15) is 0 Å². The van der Waals surface area contributed by atoms with Crippen LogP contribution < -0.4 is 5.32 Å². The van der Waals surface area contributed by atoms with Gasteiger partial charge in [0, 0.05) is 19.1 Å². The highest BCUT2D eigenvalue weighted by atomic mass is 15.1. The standard InChI is InChI=1S/C18H38N2/c1-7-11-18(5,14-19-8-2)15-20(6)16-9-12-17(3,4)13-10-16/h16,19H,7-15H2,1-6H3. The fourth-order valence-corrected chi connectivity index (χ4v) is 3.81. The SMILES string of the molecule is CCCC(C)(CNCC)CN(C)C1CCC(C)(C)CC1. The van der Waals surface area contributed by atoms with Crippen LogP contribution in [0.1, 0.15) is 73.1 Å². The number of hydrogen-bond acceptors (Lipinski definition) is 2. The molecule has 0 spiro atoms. The molecule has 120 valence electrons. The van der Waals surface area contributed by atoms with E-state index in [4.69, 9.17) is 0 Å². The summed E-state index contributed by atoms with van der Waals surface area (Å²) in [5, 5.41) is 3.57. The number of rotatable bonds is 8. The van der Waals surface area contributed by atoms with Gasteiger partial charge in [-0.15, -0.1) is 0 Å². The third-order valence-electron chi connectivity index (χ3n) is 5.22. The first-order valence-electron chi connectivity index (χ1n) is 8.73. The van der Waals surface area contributed by atoms with E-state index in [0.717, 1.165) is 19.1 Å². The Hall–Kier alpha value is -0.0800. The topological polar surface area (TPSA) is 15.3 Å². The van der Waals surface area contributed by atoms with Crippen molar-refractivity contribution in [3.63, 3.8) is 0 Å². The maximum atomic E-state index is 3.57. The highest BCUT2D eigenvalue weighted by Crippen LogP contribution is 2.37. The van der Waals surface area contributed by atoms with Crippen LogP contribution in [0.4, 0.5) is 0 Å². The molecule has 0 bridgehead atoms. The minimum Gasteiger partial charge on any atom is -0.316 e. The van der Waals surface area contributed by atoms with Crippen LogP contribution >= 0.6 is 0 Å². The van der Waals surface area contributed by atoms with Gasteiger partial charge in [-0.2, -0.15) is 0 Å². The summed E-state index contributed by atoms with van der Waals surface area (Å²) in [5.74, 6) is 0. The van der Waals surface area contributed by atoms with Crippen LogP contribution in [0.2, 0.25) is 0 Å². The minimum atomic E-state index is 0.423. The van der Waals surface area contributed by atoms with Crippen molar-refractivity contribution in [2.24, 2.45) is 10.8 Å². The van der Waals surface area contributed by atoms with Crippen LogP contribution in [-0.4, -0.2) is 37.6 Å². The van der Waals surface area contributed by atoms with Gasteiger partial charge in [-0.05, 0) is 56.5 Å². The Morgan fingerprint density at radius 2 is 1.80 bits per heavy atom. The lowest BCUT2D eigenvalue weighted by atomic mass is 9.75. The van der Waals surface area contributed by atoms with E-state index in [1.54, 1.807) is 0 Å². The van der Waals surface area contributed by atoms with E-state index in [2.05, 4.69) is 51.9 Å². The molecule has 2 heteroatoms. The van der Waals surface area contributed by atoms with Crippen molar-refractivity contribution in [1.29, 1.82) is 0 Å². The lowest BCUT2D eigenvalue weighted by molar-refractivity contribution is 0.0851. The Labute approximate surface area is 127 Å². The smallest absolute Gasteiger partial charge is 0.00928 e. The fourth-order valence-electron chi connectivity index (χ4n) is 3.81. The zero-order chi connectivity index (χ0) is 15.2. The van der Waals surface area contributed by atoms with Gasteiger partial charge in [0.05, 0.1) is 0 Å². The summed E-state index contributed by atoms with van der Waals surface area (Å²) < 4.78 is 0. The summed E-state index contributed by atoms with van der Waals surface area (Å²) in [7, 11) is 2.35. The summed E-state index contributed by atoms with van der Waals surface area (Å²) in [6, 6.07) is 0.806. The van der Waals surface area contributed by atoms with E-state index in [0.29, 0.717) is 10.8 Å². The predicted molar refractivity (Wildman–Crippen MR) is 90.2 cm³/mol. The monoisotopic (exact) mass is 282 g/mol. The highest BCUT2D eigenvalue weighted by Gasteiger charge is 2.32. The third-order valence-corrected chi connectivity index (χ3v) is 5.22. The average Bonchev–Trinajstić information content (AvgIpc) is 2.36. The molecule has 0 aromatic heterocycles. The van der Waals surface area contributed by atoms with E-state index < -0.39 is 0 Å². The van der Waals surface area contributed by atoms with Crippen molar-refractivity contribution in [3.05, 3.63) is 0 Å². The molecule has 1 unspecified atom stereocenters. The summed E-state index contributed by atoms with van der Waals surface area (Å²) in [6.07, 6.45) is 8.15. The Morgan fingerprint density at radius 3 is 2.30 bits per heavy atom. The quantitative estimate of drug-likeness (QED) is 0.714. The number of hydrogen-bond donors (Lipinski definition) is 1. The van der Waals surface area contributed by atoms with Gasteiger partial charge in [0.2, 0.25) is 0 Å². The minimum absolute atomic E-state index is 0.423. The van der Waals surface area contributed by atoms with Crippen molar-refractivity contribution in [2.75, 3.05) is 26.7 Å².